The number of benzene rings is 2. The molecule has 0 radical (unpaired) electrons. The second kappa shape index (κ2) is 6.88. The zero-order chi connectivity index (χ0) is 19.8. The van der Waals surface area contributed by atoms with Gasteiger partial charge in [0.15, 0.2) is 0 Å². The zero-order valence-corrected chi connectivity index (χ0v) is 14.8. The van der Waals surface area contributed by atoms with E-state index in [2.05, 4.69) is 4.98 Å². The molecule has 1 saturated heterocycles. The molecule has 8 heteroatoms. The van der Waals surface area contributed by atoms with Crippen molar-refractivity contribution in [3.05, 3.63) is 72.1 Å². The lowest BCUT2D eigenvalue weighted by Crippen LogP contribution is -2.33. The molecule has 0 aliphatic carbocycles. The largest absolute Gasteiger partial charge is 0.444 e. The third-order valence-corrected chi connectivity index (χ3v) is 4.52. The number of carbonyl (C=O) groups excluding carboxylic acids is 2. The zero-order valence-electron chi connectivity index (χ0n) is 14.8. The van der Waals surface area contributed by atoms with Crippen molar-refractivity contribution < 1.29 is 22.8 Å². The number of urea groups is 1. The van der Waals surface area contributed by atoms with E-state index in [9.17, 15) is 18.4 Å². The van der Waals surface area contributed by atoms with Gasteiger partial charge < -0.3 is 4.42 Å². The minimum atomic E-state index is -0.721. The minimum Gasteiger partial charge on any atom is -0.444 e. The molecule has 0 spiro atoms. The summed E-state index contributed by atoms with van der Waals surface area (Å²) < 4.78 is 31.6. The molecule has 6 nitrogen and oxygen atoms in total. The van der Waals surface area contributed by atoms with Crippen LogP contribution in [0.5, 0.6) is 0 Å². The smallest absolute Gasteiger partial charge is 0.332 e. The number of aromatic nitrogens is 1. The summed E-state index contributed by atoms with van der Waals surface area (Å²) >= 11 is 0. The van der Waals surface area contributed by atoms with Crippen LogP contribution in [0, 0.1) is 11.6 Å². The fourth-order valence-electron chi connectivity index (χ4n) is 3.07. The van der Waals surface area contributed by atoms with Gasteiger partial charge in [0.1, 0.15) is 23.9 Å². The Hall–Kier alpha value is -3.55. The maximum atomic E-state index is 13.2. The number of hydrogen-bond acceptors (Lipinski definition) is 4. The second-order valence-corrected chi connectivity index (χ2v) is 6.38. The molecular weight excluding hydrogens is 368 g/mol. The van der Waals surface area contributed by atoms with Gasteiger partial charge in [0.2, 0.25) is 5.89 Å². The number of rotatable bonds is 4. The van der Waals surface area contributed by atoms with E-state index in [1.54, 1.807) is 6.92 Å². The van der Waals surface area contributed by atoms with Crippen molar-refractivity contribution in [2.45, 2.75) is 19.5 Å². The summed E-state index contributed by atoms with van der Waals surface area (Å²) in [6, 6.07) is 9.74. The van der Waals surface area contributed by atoms with Crippen LogP contribution in [0.1, 0.15) is 12.6 Å². The standard InChI is InChI=1S/C20H15F2N3O3/c1-12-19(26)24(20(27)25(12)17-8-6-15(22)7-9-17)10-16-11-28-18(23-16)13-2-4-14(21)5-3-13/h2-9,11-12H,10H2,1H3. The van der Waals surface area contributed by atoms with Crippen LogP contribution in [0.4, 0.5) is 19.3 Å². The van der Waals surface area contributed by atoms with E-state index in [1.165, 1.54) is 59.7 Å². The average molecular weight is 383 g/mol. The SMILES string of the molecule is CC1C(=O)N(Cc2coc(-c3ccc(F)cc3)n2)C(=O)N1c1ccc(F)cc1. The summed E-state index contributed by atoms with van der Waals surface area (Å²) in [7, 11) is 0. The summed E-state index contributed by atoms with van der Waals surface area (Å²) in [5.41, 5.74) is 1.39. The second-order valence-electron chi connectivity index (χ2n) is 6.38. The van der Waals surface area contributed by atoms with Gasteiger partial charge in [-0.2, -0.15) is 0 Å². The summed E-state index contributed by atoms with van der Waals surface area (Å²) in [6.45, 7) is 1.54. The van der Waals surface area contributed by atoms with Gasteiger partial charge in [0.25, 0.3) is 5.91 Å². The van der Waals surface area contributed by atoms with Crippen molar-refractivity contribution in [2.24, 2.45) is 0 Å². The van der Waals surface area contributed by atoms with Crippen LogP contribution in [-0.4, -0.2) is 27.9 Å². The van der Waals surface area contributed by atoms with Gasteiger partial charge in [0.05, 0.1) is 12.2 Å². The van der Waals surface area contributed by atoms with Crippen LogP contribution in [0.25, 0.3) is 11.5 Å². The van der Waals surface area contributed by atoms with Gasteiger partial charge in [-0.1, -0.05) is 0 Å². The first-order valence-electron chi connectivity index (χ1n) is 8.54. The predicted octanol–water partition coefficient (Wildman–Crippen LogP) is 3.98. The van der Waals surface area contributed by atoms with Crippen LogP contribution >= 0.6 is 0 Å². The number of oxazole rings is 1. The molecule has 1 aliphatic heterocycles. The number of nitrogens with zero attached hydrogens (tertiary/aromatic N) is 3. The predicted molar refractivity (Wildman–Crippen MR) is 96.2 cm³/mol. The summed E-state index contributed by atoms with van der Waals surface area (Å²) in [5.74, 6) is -0.931. The Kier molecular flexibility index (Phi) is 4.38. The molecule has 1 unspecified atom stereocenters. The first-order chi connectivity index (χ1) is 13.4. The number of hydrogen-bond donors (Lipinski definition) is 0. The normalized spacial score (nSPS) is 16.9. The molecule has 1 atom stereocenters. The number of halogens is 2. The van der Waals surface area contributed by atoms with Crippen LogP contribution < -0.4 is 4.90 Å². The highest BCUT2D eigenvalue weighted by atomic mass is 19.1. The molecule has 1 aromatic heterocycles. The summed E-state index contributed by atoms with van der Waals surface area (Å²) in [6.07, 6.45) is 1.35. The highest BCUT2D eigenvalue weighted by Crippen LogP contribution is 2.27. The lowest BCUT2D eigenvalue weighted by molar-refractivity contribution is -0.127. The summed E-state index contributed by atoms with van der Waals surface area (Å²) in [4.78, 5) is 32.0. The Morgan fingerprint density at radius 3 is 2.25 bits per heavy atom. The van der Waals surface area contributed by atoms with Gasteiger partial charge in [-0.15, -0.1) is 0 Å². The molecule has 3 aromatic rings. The Morgan fingerprint density at radius 1 is 1.00 bits per heavy atom. The lowest BCUT2D eigenvalue weighted by Gasteiger charge is -2.19. The van der Waals surface area contributed by atoms with E-state index in [-0.39, 0.29) is 24.2 Å². The monoisotopic (exact) mass is 383 g/mol. The molecule has 142 valence electrons. The molecule has 0 N–H and O–H groups in total. The van der Waals surface area contributed by atoms with Gasteiger partial charge in [0, 0.05) is 11.3 Å². The molecular formula is C20H15F2N3O3. The molecule has 28 heavy (non-hydrogen) atoms. The van der Waals surface area contributed by atoms with Crippen LogP contribution in [0.2, 0.25) is 0 Å². The third-order valence-electron chi connectivity index (χ3n) is 4.52. The van der Waals surface area contributed by atoms with Gasteiger partial charge in [-0.3, -0.25) is 14.6 Å². The quantitative estimate of drug-likeness (QED) is 0.640. The Morgan fingerprint density at radius 2 is 1.61 bits per heavy atom. The fraction of sp³-hybridized carbons (Fsp3) is 0.150. The third kappa shape index (κ3) is 3.13. The Bertz CT molecular complexity index is 1030. The van der Waals surface area contributed by atoms with Gasteiger partial charge >= 0.3 is 6.03 Å². The number of imide groups is 1. The van der Waals surface area contributed by atoms with E-state index in [0.29, 0.717) is 16.9 Å². The van der Waals surface area contributed by atoms with E-state index in [0.717, 1.165) is 4.90 Å². The molecule has 0 saturated carbocycles. The molecule has 2 heterocycles. The maximum Gasteiger partial charge on any atom is 0.332 e. The molecule has 1 aliphatic rings. The molecule has 1 fully saturated rings. The number of anilines is 1. The van der Waals surface area contributed by atoms with Crippen molar-refractivity contribution in [1.82, 2.24) is 9.88 Å². The fourth-order valence-corrected chi connectivity index (χ4v) is 3.07. The molecule has 3 amide bonds. The molecule has 2 aromatic carbocycles. The van der Waals surface area contributed by atoms with Crippen molar-refractivity contribution in [2.75, 3.05) is 4.90 Å². The van der Waals surface area contributed by atoms with Crippen molar-refractivity contribution in [3.8, 4) is 11.5 Å². The van der Waals surface area contributed by atoms with Crippen molar-refractivity contribution in [1.29, 1.82) is 0 Å². The number of carbonyl (C=O) groups is 2. The molecule has 0 bridgehead atoms. The first-order valence-corrected chi connectivity index (χ1v) is 8.54. The van der Waals surface area contributed by atoms with Gasteiger partial charge in [-0.25, -0.2) is 18.6 Å². The topological polar surface area (TPSA) is 66.7 Å². The van der Waals surface area contributed by atoms with E-state index < -0.39 is 17.9 Å². The highest BCUT2D eigenvalue weighted by molar-refractivity contribution is 6.13. The van der Waals surface area contributed by atoms with Crippen LogP contribution in [0.15, 0.2) is 59.2 Å². The van der Waals surface area contributed by atoms with Crippen molar-refractivity contribution in [3.63, 3.8) is 0 Å². The van der Waals surface area contributed by atoms with Gasteiger partial charge in [-0.05, 0) is 55.5 Å². The Balaban J connectivity index is 1.55. The minimum absolute atomic E-state index is 0.0651. The van der Waals surface area contributed by atoms with E-state index in [4.69, 9.17) is 4.42 Å². The average Bonchev–Trinajstić information content (AvgIpc) is 3.23. The number of amides is 3. The van der Waals surface area contributed by atoms with E-state index in [1.807, 2.05) is 0 Å². The highest BCUT2D eigenvalue weighted by Gasteiger charge is 2.43. The summed E-state index contributed by atoms with van der Waals surface area (Å²) in [5, 5.41) is 0. The lowest BCUT2D eigenvalue weighted by atomic mass is 10.2. The van der Waals surface area contributed by atoms with Crippen LogP contribution in [0.3, 0.4) is 0 Å². The Labute approximate surface area is 159 Å². The van der Waals surface area contributed by atoms with Crippen LogP contribution in [-0.2, 0) is 11.3 Å². The van der Waals surface area contributed by atoms with Crippen molar-refractivity contribution >= 4 is 17.6 Å². The first kappa shape index (κ1) is 17.8. The maximum absolute atomic E-state index is 13.2. The van der Waals surface area contributed by atoms with E-state index >= 15 is 0 Å². The molecule has 4 rings (SSSR count).